The van der Waals surface area contributed by atoms with Crippen LogP contribution in [-0.2, 0) is 11.2 Å². The van der Waals surface area contributed by atoms with Crippen molar-refractivity contribution in [3.8, 4) is 0 Å². The van der Waals surface area contributed by atoms with Gasteiger partial charge in [0, 0.05) is 23.6 Å². The smallest absolute Gasteiger partial charge is 0.227 e. The topological polar surface area (TPSA) is 60.5 Å². The monoisotopic (exact) mass is 258 g/mol. The highest BCUT2D eigenvalue weighted by Gasteiger charge is 2.04. The molecule has 0 saturated carbocycles. The molecule has 5 heteroatoms. The Morgan fingerprint density at radius 1 is 1.42 bits per heavy atom. The maximum absolute atomic E-state index is 10.1. The predicted molar refractivity (Wildman–Crippen MR) is 77.4 cm³/mol. The maximum Gasteiger partial charge on any atom is 0.227 e. The van der Waals surface area contributed by atoms with E-state index in [9.17, 15) is 4.79 Å². The van der Waals surface area contributed by atoms with Crippen LogP contribution < -0.4 is 5.43 Å². The zero-order valence-electron chi connectivity index (χ0n) is 11.2. The predicted octanol–water partition coefficient (Wildman–Crippen LogP) is 1.35. The van der Waals surface area contributed by atoms with Crippen LogP contribution in [0.2, 0.25) is 0 Å². The third-order valence-corrected chi connectivity index (χ3v) is 2.96. The van der Waals surface area contributed by atoms with E-state index in [1.54, 1.807) is 6.21 Å². The highest BCUT2D eigenvalue weighted by atomic mass is 16.1. The van der Waals surface area contributed by atoms with Crippen molar-refractivity contribution in [3.05, 3.63) is 35.5 Å². The summed E-state index contributed by atoms with van der Waals surface area (Å²) < 4.78 is 0. The maximum atomic E-state index is 10.1. The Bertz CT molecular complexity index is 586. The van der Waals surface area contributed by atoms with Crippen LogP contribution in [0.3, 0.4) is 0 Å². The van der Waals surface area contributed by atoms with Crippen LogP contribution in [0.1, 0.15) is 11.1 Å². The van der Waals surface area contributed by atoms with Crippen molar-refractivity contribution in [2.24, 2.45) is 5.10 Å². The van der Waals surface area contributed by atoms with Crippen LogP contribution in [0.5, 0.6) is 0 Å². The molecule has 1 aromatic heterocycles. The summed E-state index contributed by atoms with van der Waals surface area (Å²) in [6.07, 6.45) is 5.24. The number of rotatable bonds is 6. The number of likely N-dealkylation sites (N-methyl/N-ethyl adjacent to an activating group) is 1. The lowest BCUT2D eigenvalue weighted by Crippen LogP contribution is -2.14. The molecule has 0 atom stereocenters. The van der Waals surface area contributed by atoms with Crippen LogP contribution in [0.4, 0.5) is 0 Å². The molecule has 0 radical (unpaired) electrons. The minimum atomic E-state index is 0.549. The fourth-order valence-corrected chi connectivity index (χ4v) is 1.97. The fourth-order valence-electron chi connectivity index (χ4n) is 1.97. The molecule has 2 rings (SSSR count). The summed E-state index contributed by atoms with van der Waals surface area (Å²) in [5.74, 6) is 0. The van der Waals surface area contributed by atoms with Gasteiger partial charge in [0.15, 0.2) is 0 Å². The Balaban J connectivity index is 2.23. The molecule has 0 unspecified atom stereocenters. The first-order valence-corrected chi connectivity index (χ1v) is 6.17. The van der Waals surface area contributed by atoms with Crippen LogP contribution >= 0.6 is 0 Å². The summed E-state index contributed by atoms with van der Waals surface area (Å²) in [6.45, 7) is 1.01. The SMILES string of the molecule is CN(C)CCc1c[nH]c2ccc(C=NNC=O)cc12. The largest absolute Gasteiger partial charge is 0.361 e. The molecule has 19 heavy (non-hydrogen) atoms. The molecule has 1 aromatic carbocycles. The van der Waals surface area contributed by atoms with Gasteiger partial charge in [-0.1, -0.05) is 6.07 Å². The van der Waals surface area contributed by atoms with Crippen LogP contribution in [-0.4, -0.2) is 43.1 Å². The van der Waals surface area contributed by atoms with Crippen LogP contribution in [0.15, 0.2) is 29.5 Å². The number of hydrazone groups is 1. The van der Waals surface area contributed by atoms with Gasteiger partial charge in [0.2, 0.25) is 6.41 Å². The molecule has 5 nitrogen and oxygen atoms in total. The van der Waals surface area contributed by atoms with Crippen molar-refractivity contribution in [3.63, 3.8) is 0 Å². The molecule has 1 amide bonds. The van der Waals surface area contributed by atoms with E-state index in [1.807, 2.05) is 12.1 Å². The summed E-state index contributed by atoms with van der Waals surface area (Å²) in [7, 11) is 4.13. The van der Waals surface area contributed by atoms with Crippen molar-refractivity contribution in [2.75, 3.05) is 20.6 Å². The molecular formula is C14H18N4O. The molecule has 2 aromatic rings. The summed E-state index contributed by atoms with van der Waals surface area (Å²) in [6, 6.07) is 6.06. The van der Waals surface area contributed by atoms with E-state index in [2.05, 4.69) is 46.8 Å². The first-order chi connectivity index (χ1) is 9.20. The molecule has 0 fully saturated rings. The van der Waals surface area contributed by atoms with Crippen molar-refractivity contribution in [1.29, 1.82) is 0 Å². The molecule has 0 saturated heterocycles. The van der Waals surface area contributed by atoms with Gasteiger partial charge in [0.1, 0.15) is 0 Å². The van der Waals surface area contributed by atoms with E-state index in [0.717, 1.165) is 24.0 Å². The second-order valence-corrected chi connectivity index (χ2v) is 4.68. The molecule has 100 valence electrons. The number of carbonyl (C=O) groups excluding carboxylic acids is 1. The van der Waals surface area contributed by atoms with E-state index >= 15 is 0 Å². The van der Waals surface area contributed by atoms with Gasteiger partial charge in [-0.05, 0) is 43.8 Å². The number of hydrogen-bond donors (Lipinski definition) is 2. The minimum absolute atomic E-state index is 0.549. The number of benzene rings is 1. The number of hydrogen-bond acceptors (Lipinski definition) is 3. The standard InChI is InChI=1S/C14H18N4O/c1-18(2)6-5-12-9-15-14-4-3-11(7-13(12)14)8-16-17-10-19/h3-4,7-10,15H,5-6H2,1-2H3,(H,17,19). The molecule has 1 heterocycles. The van der Waals surface area contributed by atoms with Crippen molar-refractivity contribution in [2.45, 2.75) is 6.42 Å². The quantitative estimate of drug-likeness (QED) is 0.467. The third kappa shape index (κ3) is 3.42. The van der Waals surface area contributed by atoms with E-state index in [4.69, 9.17) is 0 Å². The first kappa shape index (κ1) is 13.3. The second-order valence-electron chi connectivity index (χ2n) is 4.68. The van der Waals surface area contributed by atoms with Crippen LogP contribution in [0, 0.1) is 0 Å². The zero-order valence-corrected chi connectivity index (χ0v) is 11.2. The Kier molecular flexibility index (Phi) is 4.30. The summed E-state index contributed by atoms with van der Waals surface area (Å²) in [5.41, 5.74) is 5.65. The van der Waals surface area contributed by atoms with E-state index in [-0.39, 0.29) is 0 Å². The van der Waals surface area contributed by atoms with Crippen LogP contribution in [0.25, 0.3) is 10.9 Å². The van der Waals surface area contributed by atoms with E-state index < -0.39 is 0 Å². The average molecular weight is 258 g/mol. The van der Waals surface area contributed by atoms with E-state index in [0.29, 0.717) is 6.41 Å². The van der Waals surface area contributed by atoms with E-state index in [1.165, 1.54) is 10.9 Å². The Hall–Kier alpha value is -2.14. The van der Waals surface area contributed by atoms with Crippen molar-refractivity contribution < 1.29 is 4.79 Å². The molecular weight excluding hydrogens is 240 g/mol. The molecule has 0 bridgehead atoms. The second kappa shape index (κ2) is 6.15. The van der Waals surface area contributed by atoms with Gasteiger partial charge < -0.3 is 9.88 Å². The number of H-pyrrole nitrogens is 1. The Morgan fingerprint density at radius 3 is 3.00 bits per heavy atom. The van der Waals surface area contributed by atoms with Gasteiger partial charge in [0.05, 0.1) is 6.21 Å². The first-order valence-electron chi connectivity index (χ1n) is 6.17. The summed E-state index contributed by atoms with van der Waals surface area (Å²) in [5, 5.41) is 5.00. The number of nitrogens with zero attached hydrogens (tertiary/aromatic N) is 2. The summed E-state index contributed by atoms with van der Waals surface area (Å²) in [4.78, 5) is 15.6. The molecule has 0 aliphatic carbocycles. The number of aromatic amines is 1. The minimum Gasteiger partial charge on any atom is -0.361 e. The number of amides is 1. The van der Waals surface area contributed by atoms with Crippen molar-refractivity contribution >= 4 is 23.5 Å². The number of nitrogens with one attached hydrogen (secondary N) is 2. The lowest BCUT2D eigenvalue weighted by Gasteiger charge is -2.08. The third-order valence-electron chi connectivity index (χ3n) is 2.96. The number of fused-ring (bicyclic) bond motifs is 1. The highest BCUT2D eigenvalue weighted by molar-refractivity contribution is 5.91. The van der Waals surface area contributed by atoms with Gasteiger partial charge in [-0.15, -0.1) is 0 Å². The molecule has 0 aliphatic rings. The number of aromatic nitrogens is 1. The lowest BCUT2D eigenvalue weighted by atomic mass is 10.1. The highest BCUT2D eigenvalue weighted by Crippen LogP contribution is 2.19. The Labute approximate surface area is 112 Å². The van der Waals surface area contributed by atoms with Gasteiger partial charge in [0.25, 0.3) is 0 Å². The van der Waals surface area contributed by atoms with Gasteiger partial charge in [-0.25, -0.2) is 5.43 Å². The summed E-state index contributed by atoms with van der Waals surface area (Å²) >= 11 is 0. The van der Waals surface area contributed by atoms with Crippen molar-refractivity contribution in [1.82, 2.24) is 15.3 Å². The lowest BCUT2D eigenvalue weighted by molar-refractivity contribution is -0.109. The normalized spacial score (nSPS) is 11.5. The molecule has 2 N–H and O–H groups in total. The van der Waals surface area contributed by atoms with Gasteiger partial charge in [-0.2, -0.15) is 5.10 Å². The number of carbonyl (C=O) groups is 1. The average Bonchev–Trinajstić information content (AvgIpc) is 2.79. The zero-order chi connectivity index (χ0) is 13.7. The molecule has 0 aliphatic heterocycles. The fraction of sp³-hybridized carbons (Fsp3) is 0.286. The molecule has 0 spiro atoms. The van der Waals surface area contributed by atoms with Gasteiger partial charge >= 0.3 is 0 Å². The van der Waals surface area contributed by atoms with Gasteiger partial charge in [-0.3, -0.25) is 4.79 Å². The Morgan fingerprint density at radius 2 is 2.26 bits per heavy atom.